The topological polar surface area (TPSA) is 42.7 Å². The zero-order chi connectivity index (χ0) is 14.2. The quantitative estimate of drug-likeness (QED) is 0.797. The number of hydrogen-bond donors (Lipinski definition) is 1. The van der Waals surface area contributed by atoms with E-state index in [-0.39, 0.29) is 0 Å². The van der Waals surface area contributed by atoms with E-state index >= 15 is 0 Å². The Morgan fingerprint density at radius 1 is 1.29 bits per heavy atom. The molecule has 0 bridgehead atoms. The molecule has 0 unspecified atom stereocenters. The van der Waals surface area contributed by atoms with Gasteiger partial charge in [0.05, 0.1) is 0 Å². The molecular formula is C17H18N4. The van der Waals surface area contributed by atoms with Crippen molar-refractivity contribution in [3.8, 4) is 11.4 Å². The number of anilines is 1. The van der Waals surface area contributed by atoms with Gasteiger partial charge < -0.3 is 9.88 Å². The second-order valence-electron chi connectivity index (χ2n) is 5.48. The molecule has 0 radical (unpaired) electrons. The predicted octanol–water partition coefficient (Wildman–Crippen LogP) is 3.48. The van der Waals surface area contributed by atoms with Gasteiger partial charge in [-0.1, -0.05) is 6.92 Å². The molecule has 106 valence electrons. The van der Waals surface area contributed by atoms with E-state index in [4.69, 9.17) is 4.98 Å². The van der Waals surface area contributed by atoms with E-state index < -0.39 is 0 Å². The Hall–Kier alpha value is -2.36. The van der Waals surface area contributed by atoms with Gasteiger partial charge >= 0.3 is 0 Å². The normalized spacial score (nSPS) is 13.4. The van der Waals surface area contributed by atoms with Crippen LogP contribution in [0.4, 0.5) is 5.69 Å². The molecule has 3 aromatic rings. The van der Waals surface area contributed by atoms with Crippen molar-refractivity contribution in [2.75, 3.05) is 11.9 Å². The SMILES string of the molecule is CCCn1c(-c2ccc3c(c2)CCN3)nc2cccnc21. The summed E-state index contributed by atoms with van der Waals surface area (Å²) < 4.78 is 2.24. The summed E-state index contributed by atoms with van der Waals surface area (Å²) in [5, 5.41) is 3.41. The van der Waals surface area contributed by atoms with Crippen molar-refractivity contribution in [1.29, 1.82) is 0 Å². The van der Waals surface area contributed by atoms with Crippen LogP contribution in [-0.2, 0) is 13.0 Å². The van der Waals surface area contributed by atoms with Gasteiger partial charge in [0, 0.05) is 30.5 Å². The lowest BCUT2D eigenvalue weighted by molar-refractivity contribution is 0.698. The summed E-state index contributed by atoms with van der Waals surface area (Å²) in [5.41, 5.74) is 5.78. The standard InChI is InChI=1S/C17H18N4/c1-2-10-21-16(20-15-4-3-8-19-17(15)21)13-5-6-14-12(11-13)7-9-18-14/h3-6,8,11,18H,2,7,9-10H2,1H3. The van der Waals surface area contributed by atoms with Crippen LogP contribution < -0.4 is 5.32 Å². The van der Waals surface area contributed by atoms with E-state index in [1.165, 1.54) is 16.8 Å². The number of rotatable bonds is 3. The van der Waals surface area contributed by atoms with Crippen LogP contribution in [-0.4, -0.2) is 21.1 Å². The lowest BCUT2D eigenvalue weighted by Gasteiger charge is -2.08. The zero-order valence-electron chi connectivity index (χ0n) is 12.1. The molecular weight excluding hydrogens is 260 g/mol. The van der Waals surface area contributed by atoms with Crippen molar-refractivity contribution < 1.29 is 0 Å². The van der Waals surface area contributed by atoms with E-state index in [9.17, 15) is 0 Å². The molecule has 0 aliphatic carbocycles. The summed E-state index contributed by atoms with van der Waals surface area (Å²) >= 11 is 0. The average Bonchev–Trinajstić information content (AvgIpc) is 3.11. The third-order valence-electron chi connectivity index (χ3n) is 4.02. The first-order valence-electron chi connectivity index (χ1n) is 7.55. The van der Waals surface area contributed by atoms with Crippen molar-refractivity contribution in [3.05, 3.63) is 42.1 Å². The Kier molecular flexibility index (Phi) is 2.88. The van der Waals surface area contributed by atoms with Crippen molar-refractivity contribution in [1.82, 2.24) is 14.5 Å². The molecule has 1 aliphatic heterocycles. The van der Waals surface area contributed by atoms with Gasteiger partial charge in [0.2, 0.25) is 0 Å². The minimum Gasteiger partial charge on any atom is -0.384 e. The fourth-order valence-corrected chi connectivity index (χ4v) is 3.06. The molecule has 21 heavy (non-hydrogen) atoms. The van der Waals surface area contributed by atoms with Gasteiger partial charge in [0.15, 0.2) is 5.65 Å². The van der Waals surface area contributed by atoms with Crippen LogP contribution >= 0.6 is 0 Å². The Morgan fingerprint density at radius 3 is 3.14 bits per heavy atom. The third-order valence-corrected chi connectivity index (χ3v) is 4.02. The van der Waals surface area contributed by atoms with Gasteiger partial charge in [-0.3, -0.25) is 0 Å². The summed E-state index contributed by atoms with van der Waals surface area (Å²) in [6.45, 7) is 4.16. The number of imidazole rings is 1. The third kappa shape index (κ3) is 1.98. The van der Waals surface area contributed by atoms with E-state index in [0.29, 0.717) is 0 Å². The molecule has 3 heterocycles. The fourth-order valence-electron chi connectivity index (χ4n) is 3.06. The van der Waals surface area contributed by atoms with Crippen LogP contribution in [0.3, 0.4) is 0 Å². The highest BCUT2D eigenvalue weighted by atomic mass is 15.1. The van der Waals surface area contributed by atoms with E-state index in [0.717, 1.165) is 42.9 Å². The first kappa shape index (κ1) is 12.4. The van der Waals surface area contributed by atoms with Crippen LogP contribution in [0.2, 0.25) is 0 Å². The van der Waals surface area contributed by atoms with E-state index in [1.807, 2.05) is 18.3 Å². The number of hydrogen-bond acceptors (Lipinski definition) is 3. The molecule has 0 atom stereocenters. The van der Waals surface area contributed by atoms with Crippen molar-refractivity contribution in [2.24, 2.45) is 0 Å². The smallest absolute Gasteiger partial charge is 0.160 e. The van der Waals surface area contributed by atoms with Crippen LogP contribution in [0.1, 0.15) is 18.9 Å². The molecule has 0 saturated heterocycles. The molecule has 0 spiro atoms. The van der Waals surface area contributed by atoms with E-state index in [2.05, 4.69) is 40.0 Å². The zero-order valence-corrected chi connectivity index (χ0v) is 12.1. The van der Waals surface area contributed by atoms with Gasteiger partial charge in [-0.2, -0.15) is 0 Å². The number of fused-ring (bicyclic) bond motifs is 2. The van der Waals surface area contributed by atoms with Gasteiger partial charge in [0.25, 0.3) is 0 Å². The lowest BCUT2D eigenvalue weighted by atomic mass is 10.1. The maximum absolute atomic E-state index is 4.81. The van der Waals surface area contributed by atoms with Gasteiger partial charge in [-0.25, -0.2) is 9.97 Å². The minimum atomic E-state index is 0.943. The number of pyridine rings is 1. The van der Waals surface area contributed by atoms with Crippen LogP contribution in [0.25, 0.3) is 22.6 Å². The number of nitrogens with one attached hydrogen (secondary N) is 1. The Balaban J connectivity index is 1.91. The molecule has 1 N–H and O–H groups in total. The fraction of sp³-hybridized carbons (Fsp3) is 0.294. The number of aryl methyl sites for hydroxylation is 1. The van der Waals surface area contributed by atoms with Crippen LogP contribution in [0, 0.1) is 0 Å². The van der Waals surface area contributed by atoms with Crippen molar-refractivity contribution in [2.45, 2.75) is 26.3 Å². The number of aromatic nitrogens is 3. The Morgan fingerprint density at radius 2 is 2.24 bits per heavy atom. The summed E-state index contributed by atoms with van der Waals surface area (Å²) in [6, 6.07) is 10.6. The monoisotopic (exact) mass is 278 g/mol. The molecule has 0 amide bonds. The van der Waals surface area contributed by atoms with Gasteiger partial charge in [0.1, 0.15) is 11.3 Å². The predicted molar refractivity (Wildman–Crippen MR) is 85.4 cm³/mol. The van der Waals surface area contributed by atoms with Crippen molar-refractivity contribution in [3.63, 3.8) is 0 Å². The summed E-state index contributed by atoms with van der Waals surface area (Å²) in [4.78, 5) is 9.31. The summed E-state index contributed by atoms with van der Waals surface area (Å²) in [6.07, 6.45) is 4.00. The van der Waals surface area contributed by atoms with E-state index in [1.54, 1.807) is 0 Å². The highest BCUT2D eigenvalue weighted by Crippen LogP contribution is 2.30. The number of nitrogens with zero attached hydrogens (tertiary/aromatic N) is 3. The van der Waals surface area contributed by atoms with Crippen LogP contribution in [0.5, 0.6) is 0 Å². The molecule has 1 aliphatic rings. The first-order chi connectivity index (χ1) is 10.4. The molecule has 0 fully saturated rings. The number of benzene rings is 1. The molecule has 1 aromatic carbocycles. The Bertz CT molecular complexity index is 804. The van der Waals surface area contributed by atoms with Crippen molar-refractivity contribution >= 4 is 16.9 Å². The van der Waals surface area contributed by atoms with Gasteiger partial charge in [-0.05, 0) is 48.7 Å². The Labute approximate surface area is 123 Å². The molecule has 0 saturated carbocycles. The van der Waals surface area contributed by atoms with Crippen LogP contribution in [0.15, 0.2) is 36.5 Å². The van der Waals surface area contributed by atoms with Gasteiger partial charge in [-0.15, -0.1) is 0 Å². The minimum absolute atomic E-state index is 0.943. The average molecular weight is 278 g/mol. The highest BCUT2D eigenvalue weighted by Gasteiger charge is 2.16. The largest absolute Gasteiger partial charge is 0.384 e. The molecule has 2 aromatic heterocycles. The summed E-state index contributed by atoms with van der Waals surface area (Å²) in [7, 11) is 0. The molecule has 4 nitrogen and oxygen atoms in total. The second-order valence-corrected chi connectivity index (χ2v) is 5.48. The first-order valence-corrected chi connectivity index (χ1v) is 7.55. The molecule has 4 heteroatoms. The lowest BCUT2D eigenvalue weighted by Crippen LogP contribution is -2.01. The molecule has 4 rings (SSSR count). The highest BCUT2D eigenvalue weighted by molar-refractivity contribution is 5.78. The second kappa shape index (κ2) is 4.88. The maximum atomic E-state index is 4.81. The maximum Gasteiger partial charge on any atom is 0.160 e. The summed E-state index contributed by atoms with van der Waals surface area (Å²) in [5.74, 6) is 1.03.